The lowest BCUT2D eigenvalue weighted by Crippen LogP contribution is -2.28. The van der Waals surface area contributed by atoms with Crippen molar-refractivity contribution in [3.8, 4) is 11.8 Å². The van der Waals surface area contributed by atoms with Gasteiger partial charge in [-0.3, -0.25) is 0 Å². The summed E-state index contributed by atoms with van der Waals surface area (Å²) in [6.45, 7) is 4.22. The lowest BCUT2D eigenvalue weighted by Gasteiger charge is -2.17. The van der Waals surface area contributed by atoms with E-state index in [9.17, 15) is 0 Å². The van der Waals surface area contributed by atoms with Crippen molar-refractivity contribution in [2.24, 2.45) is 5.92 Å². The van der Waals surface area contributed by atoms with Crippen molar-refractivity contribution < 1.29 is 9.47 Å². The van der Waals surface area contributed by atoms with E-state index in [1.54, 1.807) is 0 Å². The molecule has 0 atom stereocenters. The lowest BCUT2D eigenvalue weighted by atomic mass is 10.2. The maximum Gasteiger partial charge on any atom is 0.119 e. The quantitative estimate of drug-likeness (QED) is 0.621. The van der Waals surface area contributed by atoms with Crippen LogP contribution in [0.25, 0.3) is 0 Å². The Morgan fingerprint density at radius 3 is 2.57 bits per heavy atom. The molecule has 114 valence electrons. The van der Waals surface area contributed by atoms with Crippen molar-refractivity contribution >= 4 is 0 Å². The number of nitriles is 1. The number of benzene rings is 1. The largest absolute Gasteiger partial charge is 0.492 e. The third-order valence-electron chi connectivity index (χ3n) is 3.62. The summed E-state index contributed by atoms with van der Waals surface area (Å²) in [7, 11) is 2.08. The Labute approximate surface area is 127 Å². The minimum atomic E-state index is 0.448. The second-order valence-electron chi connectivity index (χ2n) is 5.65. The zero-order valence-corrected chi connectivity index (χ0v) is 12.8. The molecule has 0 N–H and O–H groups in total. The second-order valence-corrected chi connectivity index (χ2v) is 5.65. The van der Waals surface area contributed by atoms with Gasteiger partial charge in [0.2, 0.25) is 0 Å². The van der Waals surface area contributed by atoms with Crippen LogP contribution in [0.3, 0.4) is 0 Å². The fourth-order valence-electron chi connectivity index (χ4n) is 1.98. The Hall–Kier alpha value is -1.57. The molecule has 1 aliphatic rings. The van der Waals surface area contributed by atoms with Gasteiger partial charge in [-0.15, -0.1) is 0 Å². The Morgan fingerprint density at radius 1 is 1.19 bits per heavy atom. The van der Waals surface area contributed by atoms with Crippen molar-refractivity contribution in [2.75, 3.05) is 40.0 Å². The minimum Gasteiger partial charge on any atom is -0.492 e. The van der Waals surface area contributed by atoms with Crippen LogP contribution in [0.5, 0.6) is 5.75 Å². The van der Waals surface area contributed by atoms with Crippen LogP contribution in [0.2, 0.25) is 0 Å². The highest BCUT2D eigenvalue weighted by Gasteiger charge is 2.20. The first-order valence-corrected chi connectivity index (χ1v) is 7.63. The van der Waals surface area contributed by atoms with Crippen LogP contribution in [0.15, 0.2) is 24.3 Å². The molecular formula is C17H24N2O2. The summed E-state index contributed by atoms with van der Waals surface area (Å²) in [5.41, 5.74) is 1.02. The number of nitrogens with zero attached hydrogens (tertiary/aromatic N) is 2. The van der Waals surface area contributed by atoms with Crippen LogP contribution in [-0.4, -0.2) is 44.9 Å². The fourth-order valence-corrected chi connectivity index (χ4v) is 1.98. The molecule has 4 nitrogen and oxygen atoms in total. The highest BCUT2D eigenvalue weighted by Crippen LogP contribution is 2.28. The first kappa shape index (κ1) is 15.8. The van der Waals surface area contributed by atoms with Gasteiger partial charge in [0.15, 0.2) is 0 Å². The first-order chi connectivity index (χ1) is 10.3. The van der Waals surface area contributed by atoms with E-state index in [1.807, 2.05) is 24.3 Å². The van der Waals surface area contributed by atoms with E-state index in [0.29, 0.717) is 13.0 Å². The molecule has 0 radical (unpaired) electrons. The number of hydrogen-bond acceptors (Lipinski definition) is 4. The van der Waals surface area contributed by atoms with Crippen molar-refractivity contribution in [1.29, 1.82) is 5.26 Å². The molecule has 0 aromatic heterocycles. The average molecular weight is 288 g/mol. The lowest BCUT2D eigenvalue weighted by molar-refractivity contribution is 0.0992. The zero-order chi connectivity index (χ0) is 14.9. The van der Waals surface area contributed by atoms with Crippen molar-refractivity contribution in [2.45, 2.75) is 19.3 Å². The maximum absolute atomic E-state index is 8.62. The molecule has 1 fully saturated rings. The first-order valence-electron chi connectivity index (χ1n) is 7.63. The zero-order valence-electron chi connectivity index (χ0n) is 12.8. The summed E-state index contributed by atoms with van der Waals surface area (Å²) < 4.78 is 11.3. The standard InChI is InChI=1S/C17H24N2O2/c1-19(10-12-20-14-16-2-3-16)11-13-21-17-6-4-15(5-7-17)8-9-18/h4-7,16H,2-3,8,10-14H2,1H3. The van der Waals surface area contributed by atoms with Crippen molar-refractivity contribution in [1.82, 2.24) is 4.90 Å². The van der Waals surface area contributed by atoms with Crippen LogP contribution < -0.4 is 4.74 Å². The van der Waals surface area contributed by atoms with Crippen LogP contribution >= 0.6 is 0 Å². The molecule has 0 saturated heterocycles. The van der Waals surface area contributed by atoms with Gasteiger partial charge in [0.1, 0.15) is 12.4 Å². The normalized spacial score (nSPS) is 14.1. The van der Waals surface area contributed by atoms with Crippen LogP contribution in [0.4, 0.5) is 0 Å². The van der Waals surface area contributed by atoms with Gasteiger partial charge in [0.05, 0.1) is 19.1 Å². The molecular weight excluding hydrogens is 264 g/mol. The van der Waals surface area contributed by atoms with Crippen LogP contribution in [-0.2, 0) is 11.2 Å². The molecule has 1 aromatic carbocycles. The van der Waals surface area contributed by atoms with Gasteiger partial charge in [0, 0.05) is 19.7 Å². The predicted molar refractivity (Wildman–Crippen MR) is 82.3 cm³/mol. The fraction of sp³-hybridized carbons (Fsp3) is 0.588. The molecule has 0 bridgehead atoms. The SMILES string of the molecule is CN(CCOCC1CC1)CCOc1ccc(CC#N)cc1. The van der Waals surface area contributed by atoms with Gasteiger partial charge >= 0.3 is 0 Å². The van der Waals surface area contributed by atoms with E-state index in [2.05, 4.69) is 18.0 Å². The van der Waals surface area contributed by atoms with E-state index in [0.717, 1.165) is 43.5 Å². The highest BCUT2D eigenvalue weighted by molar-refractivity contribution is 5.28. The third-order valence-corrected chi connectivity index (χ3v) is 3.62. The summed E-state index contributed by atoms with van der Waals surface area (Å²) in [4.78, 5) is 2.22. The molecule has 4 heteroatoms. The van der Waals surface area contributed by atoms with Crippen molar-refractivity contribution in [3.05, 3.63) is 29.8 Å². The Bertz CT molecular complexity index is 449. The molecule has 2 rings (SSSR count). The second kappa shape index (κ2) is 8.66. The van der Waals surface area contributed by atoms with Crippen molar-refractivity contribution in [3.63, 3.8) is 0 Å². The topological polar surface area (TPSA) is 45.5 Å². The van der Waals surface area contributed by atoms with E-state index in [4.69, 9.17) is 14.7 Å². The minimum absolute atomic E-state index is 0.448. The van der Waals surface area contributed by atoms with Gasteiger partial charge in [-0.05, 0) is 43.5 Å². The molecule has 0 unspecified atom stereocenters. The van der Waals surface area contributed by atoms with Gasteiger partial charge in [-0.2, -0.15) is 5.26 Å². The number of rotatable bonds is 10. The molecule has 1 aromatic rings. The molecule has 0 amide bonds. The molecule has 1 aliphatic carbocycles. The smallest absolute Gasteiger partial charge is 0.119 e. The monoisotopic (exact) mass is 288 g/mol. The Balaban J connectivity index is 1.54. The Morgan fingerprint density at radius 2 is 1.90 bits per heavy atom. The van der Waals surface area contributed by atoms with E-state index in [1.165, 1.54) is 12.8 Å². The molecule has 21 heavy (non-hydrogen) atoms. The summed E-state index contributed by atoms with van der Waals surface area (Å²) in [6, 6.07) is 9.86. The number of ether oxygens (including phenoxy) is 2. The summed E-state index contributed by atoms with van der Waals surface area (Å²) in [5, 5.41) is 8.62. The highest BCUT2D eigenvalue weighted by atomic mass is 16.5. The number of hydrogen-bond donors (Lipinski definition) is 0. The molecule has 0 heterocycles. The third kappa shape index (κ3) is 6.61. The number of likely N-dealkylation sites (N-methyl/N-ethyl adjacent to an activating group) is 1. The molecule has 1 saturated carbocycles. The Kier molecular flexibility index (Phi) is 6.52. The maximum atomic E-state index is 8.62. The van der Waals surface area contributed by atoms with Crippen LogP contribution in [0, 0.1) is 17.2 Å². The van der Waals surface area contributed by atoms with Gasteiger partial charge in [0.25, 0.3) is 0 Å². The van der Waals surface area contributed by atoms with E-state index in [-0.39, 0.29) is 0 Å². The summed E-state index contributed by atoms with van der Waals surface area (Å²) in [6.07, 6.45) is 3.14. The molecule has 0 aliphatic heterocycles. The van der Waals surface area contributed by atoms with Crippen LogP contribution in [0.1, 0.15) is 18.4 Å². The predicted octanol–water partition coefficient (Wildman–Crippen LogP) is 2.49. The van der Waals surface area contributed by atoms with Gasteiger partial charge in [-0.1, -0.05) is 12.1 Å². The summed E-state index contributed by atoms with van der Waals surface area (Å²) >= 11 is 0. The van der Waals surface area contributed by atoms with Gasteiger partial charge in [-0.25, -0.2) is 0 Å². The summed E-state index contributed by atoms with van der Waals surface area (Å²) in [5.74, 6) is 1.69. The molecule has 0 spiro atoms. The average Bonchev–Trinajstić information content (AvgIpc) is 3.30. The van der Waals surface area contributed by atoms with Gasteiger partial charge < -0.3 is 14.4 Å². The van der Waals surface area contributed by atoms with E-state index < -0.39 is 0 Å². The van der Waals surface area contributed by atoms with E-state index >= 15 is 0 Å².